The Hall–Kier alpha value is -1.27. The van der Waals surface area contributed by atoms with E-state index in [0.717, 1.165) is 12.8 Å². The Morgan fingerprint density at radius 1 is 1.23 bits per heavy atom. The van der Waals surface area contributed by atoms with Crippen molar-refractivity contribution < 1.29 is 27.4 Å². The number of benzene rings is 1. The van der Waals surface area contributed by atoms with E-state index in [1.807, 2.05) is 0 Å². The maximum atomic E-state index is 13.6. The first kappa shape index (κ1) is 17.1. The first-order chi connectivity index (χ1) is 10.6. The topological polar surface area (TPSA) is 27.7 Å². The predicted octanol–water partition coefficient (Wildman–Crippen LogP) is 4.15. The van der Waals surface area contributed by atoms with Gasteiger partial charge in [-0.2, -0.15) is 8.78 Å². The number of hydrogen-bond acceptors (Lipinski definition) is 3. The Morgan fingerprint density at radius 2 is 1.95 bits per heavy atom. The molecule has 1 fully saturated rings. The normalized spacial score (nSPS) is 22.0. The second-order valence-electron chi connectivity index (χ2n) is 5.43. The molecule has 1 aliphatic rings. The molecule has 0 spiro atoms. The highest BCUT2D eigenvalue weighted by molar-refractivity contribution is 5.29. The van der Waals surface area contributed by atoms with E-state index in [0.29, 0.717) is 37.5 Å². The summed E-state index contributed by atoms with van der Waals surface area (Å²) in [5.74, 6) is -0.776. The molecule has 2 rings (SSSR count). The fourth-order valence-electron chi connectivity index (χ4n) is 2.50. The van der Waals surface area contributed by atoms with Gasteiger partial charge in [-0.05, 0) is 30.5 Å². The molecular weight excluding hydrogens is 297 g/mol. The van der Waals surface area contributed by atoms with E-state index < -0.39 is 18.2 Å². The minimum atomic E-state index is -3.03. The molecule has 0 saturated carbocycles. The van der Waals surface area contributed by atoms with Gasteiger partial charge in [-0.15, -0.1) is 0 Å². The van der Waals surface area contributed by atoms with Gasteiger partial charge in [-0.1, -0.05) is 19.4 Å². The van der Waals surface area contributed by atoms with Gasteiger partial charge in [0.2, 0.25) is 0 Å². The second-order valence-corrected chi connectivity index (χ2v) is 5.43. The van der Waals surface area contributed by atoms with Crippen molar-refractivity contribution in [2.75, 3.05) is 13.2 Å². The lowest BCUT2D eigenvalue weighted by atomic mass is 10.0. The van der Waals surface area contributed by atoms with Gasteiger partial charge in [0.05, 0.1) is 13.2 Å². The van der Waals surface area contributed by atoms with E-state index in [9.17, 15) is 13.2 Å². The molecule has 3 nitrogen and oxygen atoms in total. The second kappa shape index (κ2) is 8.39. The van der Waals surface area contributed by atoms with Crippen LogP contribution in [-0.2, 0) is 15.9 Å². The van der Waals surface area contributed by atoms with Gasteiger partial charge in [0.1, 0.15) is 0 Å². The molecule has 0 unspecified atom stereocenters. The minimum absolute atomic E-state index is 0.284. The number of halogens is 3. The summed E-state index contributed by atoms with van der Waals surface area (Å²) in [4.78, 5) is 0. The number of ether oxygens (including phenoxy) is 3. The number of rotatable bonds is 7. The maximum absolute atomic E-state index is 13.6. The van der Waals surface area contributed by atoms with Gasteiger partial charge in [0.25, 0.3) is 0 Å². The van der Waals surface area contributed by atoms with Crippen molar-refractivity contribution in [3.05, 3.63) is 29.6 Å². The van der Waals surface area contributed by atoms with Crippen molar-refractivity contribution in [3.8, 4) is 5.75 Å². The van der Waals surface area contributed by atoms with E-state index >= 15 is 0 Å². The summed E-state index contributed by atoms with van der Waals surface area (Å²) >= 11 is 0. The van der Waals surface area contributed by atoms with Crippen LogP contribution in [0.1, 0.15) is 31.7 Å². The highest BCUT2D eigenvalue weighted by atomic mass is 19.3. The maximum Gasteiger partial charge on any atom is 0.387 e. The van der Waals surface area contributed by atoms with Gasteiger partial charge < -0.3 is 14.2 Å². The third-order valence-corrected chi connectivity index (χ3v) is 3.61. The lowest BCUT2D eigenvalue weighted by Gasteiger charge is -2.29. The lowest BCUT2D eigenvalue weighted by molar-refractivity contribution is -0.203. The van der Waals surface area contributed by atoms with E-state index in [-0.39, 0.29) is 6.29 Å². The van der Waals surface area contributed by atoms with Gasteiger partial charge in [0.15, 0.2) is 17.9 Å². The van der Waals surface area contributed by atoms with Crippen LogP contribution in [0.5, 0.6) is 5.75 Å². The zero-order chi connectivity index (χ0) is 15.9. The molecule has 6 heteroatoms. The molecule has 1 saturated heterocycles. The van der Waals surface area contributed by atoms with E-state index in [4.69, 9.17) is 9.47 Å². The quantitative estimate of drug-likeness (QED) is 0.756. The molecule has 0 N–H and O–H groups in total. The standard InChI is InChI=1S/C16H21F3O3/c1-2-3-12-9-20-15(21-10-12)7-5-11-4-6-14(13(17)8-11)22-16(18)19/h4,6,8,12,15-16H,2-3,5,7,9-10H2,1H3. The van der Waals surface area contributed by atoms with Crippen molar-refractivity contribution in [1.29, 1.82) is 0 Å². The fourth-order valence-corrected chi connectivity index (χ4v) is 2.50. The van der Waals surface area contributed by atoms with Crippen LogP contribution in [0.4, 0.5) is 13.2 Å². The van der Waals surface area contributed by atoms with Crippen LogP contribution in [-0.4, -0.2) is 26.1 Å². The third-order valence-electron chi connectivity index (χ3n) is 3.61. The largest absolute Gasteiger partial charge is 0.432 e. The third kappa shape index (κ3) is 5.18. The highest BCUT2D eigenvalue weighted by Gasteiger charge is 2.21. The van der Waals surface area contributed by atoms with Crippen LogP contribution in [0.25, 0.3) is 0 Å². The molecule has 0 aliphatic carbocycles. The van der Waals surface area contributed by atoms with Crippen LogP contribution in [0.3, 0.4) is 0 Å². The summed E-state index contributed by atoms with van der Waals surface area (Å²) in [6.07, 6.45) is 3.06. The molecule has 0 radical (unpaired) electrons. The Labute approximate surface area is 128 Å². The molecule has 0 amide bonds. The van der Waals surface area contributed by atoms with Crippen LogP contribution < -0.4 is 4.74 Å². The molecule has 0 atom stereocenters. The molecular formula is C16H21F3O3. The van der Waals surface area contributed by atoms with Gasteiger partial charge in [-0.3, -0.25) is 0 Å². The molecule has 0 aromatic heterocycles. The molecule has 0 bridgehead atoms. The summed E-state index contributed by atoms with van der Waals surface area (Å²) in [5, 5.41) is 0. The summed E-state index contributed by atoms with van der Waals surface area (Å²) < 4.78 is 53.0. The average molecular weight is 318 g/mol. The summed E-state index contributed by atoms with van der Waals surface area (Å²) in [5.41, 5.74) is 0.696. The van der Waals surface area contributed by atoms with Crippen LogP contribution >= 0.6 is 0 Å². The Balaban J connectivity index is 1.79. The highest BCUT2D eigenvalue weighted by Crippen LogP contribution is 2.23. The molecule has 124 valence electrons. The van der Waals surface area contributed by atoms with E-state index in [2.05, 4.69) is 11.7 Å². The predicted molar refractivity (Wildman–Crippen MR) is 75.4 cm³/mol. The molecule has 1 aromatic carbocycles. The van der Waals surface area contributed by atoms with Crippen LogP contribution in [0, 0.1) is 11.7 Å². The lowest BCUT2D eigenvalue weighted by Crippen LogP contribution is -2.32. The molecule has 1 heterocycles. The van der Waals surface area contributed by atoms with Crippen molar-refractivity contribution in [2.24, 2.45) is 5.92 Å². The van der Waals surface area contributed by atoms with Crippen molar-refractivity contribution >= 4 is 0 Å². The zero-order valence-corrected chi connectivity index (χ0v) is 12.6. The van der Waals surface area contributed by atoms with Gasteiger partial charge in [0, 0.05) is 12.3 Å². The number of hydrogen-bond donors (Lipinski definition) is 0. The van der Waals surface area contributed by atoms with Crippen molar-refractivity contribution in [3.63, 3.8) is 0 Å². The SMILES string of the molecule is CCCC1COC(CCc2ccc(OC(F)F)c(F)c2)OC1. The Bertz CT molecular complexity index is 460. The van der Waals surface area contributed by atoms with Crippen LogP contribution in [0.15, 0.2) is 18.2 Å². The first-order valence-electron chi connectivity index (χ1n) is 7.55. The number of aryl methyl sites for hydroxylation is 1. The van der Waals surface area contributed by atoms with E-state index in [1.54, 1.807) is 6.07 Å². The fraction of sp³-hybridized carbons (Fsp3) is 0.625. The van der Waals surface area contributed by atoms with Gasteiger partial charge >= 0.3 is 6.61 Å². The van der Waals surface area contributed by atoms with Crippen molar-refractivity contribution in [2.45, 2.75) is 45.5 Å². The van der Waals surface area contributed by atoms with Crippen molar-refractivity contribution in [1.82, 2.24) is 0 Å². The monoisotopic (exact) mass is 318 g/mol. The molecule has 22 heavy (non-hydrogen) atoms. The van der Waals surface area contributed by atoms with Gasteiger partial charge in [-0.25, -0.2) is 4.39 Å². The summed E-state index contributed by atoms with van der Waals surface area (Å²) in [6, 6.07) is 4.00. The minimum Gasteiger partial charge on any atom is -0.432 e. The molecule has 1 aromatic rings. The Kier molecular flexibility index (Phi) is 6.51. The summed E-state index contributed by atoms with van der Waals surface area (Å²) in [7, 11) is 0. The zero-order valence-electron chi connectivity index (χ0n) is 12.6. The molecule has 1 aliphatic heterocycles. The smallest absolute Gasteiger partial charge is 0.387 e. The van der Waals surface area contributed by atoms with Crippen LogP contribution in [0.2, 0.25) is 0 Å². The first-order valence-corrected chi connectivity index (χ1v) is 7.55. The average Bonchev–Trinajstić information content (AvgIpc) is 2.49. The number of alkyl halides is 2. The summed E-state index contributed by atoms with van der Waals surface area (Å²) in [6.45, 7) is 0.477. The van der Waals surface area contributed by atoms with E-state index in [1.165, 1.54) is 12.1 Å². The Morgan fingerprint density at radius 3 is 2.55 bits per heavy atom.